The van der Waals surface area contributed by atoms with Crippen LogP contribution in [0, 0.1) is 5.92 Å². The minimum atomic E-state index is -0.924. The Hall–Kier alpha value is -0.950. The molecule has 0 aliphatic carbocycles. The molecule has 0 radical (unpaired) electrons. The average Bonchev–Trinajstić information content (AvgIpc) is 2.78. The zero-order valence-electron chi connectivity index (χ0n) is 10.1. The van der Waals surface area contributed by atoms with E-state index in [0.29, 0.717) is 0 Å². The van der Waals surface area contributed by atoms with Crippen LogP contribution in [0.3, 0.4) is 0 Å². The van der Waals surface area contributed by atoms with Gasteiger partial charge in [-0.15, -0.1) is 0 Å². The number of aliphatic carboxylic acids is 1. The molecule has 0 aromatic heterocycles. The molecular formula is C11H18N2O4S. The third kappa shape index (κ3) is 3.52. The van der Waals surface area contributed by atoms with Crippen molar-refractivity contribution in [1.29, 1.82) is 0 Å². The number of hydrogen-bond acceptors (Lipinski definition) is 4. The lowest BCUT2D eigenvalue weighted by Crippen LogP contribution is -2.50. The molecule has 2 atom stereocenters. The number of rotatable bonds is 3. The molecule has 18 heavy (non-hydrogen) atoms. The first-order valence-electron chi connectivity index (χ1n) is 6.12. The summed E-state index contributed by atoms with van der Waals surface area (Å²) in [5, 5.41) is 14.6. The van der Waals surface area contributed by atoms with Crippen molar-refractivity contribution >= 4 is 23.8 Å². The first-order chi connectivity index (χ1) is 8.66. The Bertz CT molecular complexity index is 320. The number of urea groups is 1. The molecule has 0 aromatic rings. The van der Waals surface area contributed by atoms with Crippen LogP contribution in [-0.2, 0) is 9.53 Å². The standard InChI is InChI=1S/C11H18N2O4S/c14-10(15)8-5-17-6-9(8)13-11(16)12-7-1-3-18-4-2-7/h7-9H,1-6H2,(H,14,15)(H2,12,13,16). The molecule has 7 heteroatoms. The Morgan fingerprint density at radius 3 is 2.56 bits per heavy atom. The highest BCUT2D eigenvalue weighted by atomic mass is 32.2. The van der Waals surface area contributed by atoms with Crippen molar-refractivity contribution in [2.45, 2.75) is 24.9 Å². The Morgan fingerprint density at radius 2 is 1.89 bits per heavy atom. The first kappa shape index (κ1) is 13.5. The van der Waals surface area contributed by atoms with E-state index in [0.717, 1.165) is 24.3 Å². The molecule has 2 aliphatic heterocycles. The zero-order chi connectivity index (χ0) is 13.0. The van der Waals surface area contributed by atoms with Gasteiger partial charge in [0.15, 0.2) is 0 Å². The quantitative estimate of drug-likeness (QED) is 0.688. The second-order valence-corrected chi connectivity index (χ2v) is 5.82. The van der Waals surface area contributed by atoms with E-state index in [1.165, 1.54) is 0 Å². The molecule has 102 valence electrons. The van der Waals surface area contributed by atoms with Crippen LogP contribution in [0.15, 0.2) is 0 Å². The highest BCUT2D eigenvalue weighted by Crippen LogP contribution is 2.17. The Balaban J connectivity index is 1.77. The number of carboxylic acids is 1. The number of carboxylic acid groups (broad SMARTS) is 1. The van der Waals surface area contributed by atoms with Crippen molar-refractivity contribution in [3.63, 3.8) is 0 Å². The molecule has 0 aromatic carbocycles. The molecule has 2 rings (SSSR count). The fraction of sp³-hybridized carbons (Fsp3) is 0.818. The second kappa shape index (κ2) is 6.29. The van der Waals surface area contributed by atoms with Gasteiger partial charge in [-0.1, -0.05) is 0 Å². The molecule has 6 nitrogen and oxygen atoms in total. The lowest BCUT2D eigenvalue weighted by molar-refractivity contribution is -0.142. The smallest absolute Gasteiger partial charge is 0.315 e. The van der Waals surface area contributed by atoms with E-state index in [-0.39, 0.29) is 25.3 Å². The maximum absolute atomic E-state index is 11.8. The maximum Gasteiger partial charge on any atom is 0.315 e. The topological polar surface area (TPSA) is 87.7 Å². The molecule has 0 spiro atoms. The number of amides is 2. The zero-order valence-corrected chi connectivity index (χ0v) is 10.9. The third-order valence-corrected chi connectivity index (χ3v) is 4.32. The van der Waals surface area contributed by atoms with Crippen molar-refractivity contribution in [2.24, 2.45) is 5.92 Å². The molecule has 2 heterocycles. The Kier molecular flexibility index (Phi) is 4.71. The van der Waals surface area contributed by atoms with Crippen LogP contribution in [0.4, 0.5) is 4.79 Å². The number of carbonyl (C=O) groups is 2. The molecule has 2 unspecified atom stereocenters. The molecule has 2 fully saturated rings. The SMILES string of the molecule is O=C(NC1CCSCC1)NC1COCC1C(=O)O. The summed E-state index contributed by atoms with van der Waals surface area (Å²) in [5.41, 5.74) is 0. The van der Waals surface area contributed by atoms with Crippen LogP contribution < -0.4 is 10.6 Å². The van der Waals surface area contributed by atoms with Gasteiger partial charge in [-0.2, -0.15) is 11.8 Å². The summed E-state index contributed by atoms with van der Waals surface area (Å²) < 4.78 is 5.10. The largest absolute Gasteiger partial charge is 0.481 e. The predicted octanol–water partition coefficient (Wildman–Crippen LogP) is 0.281. The summed E-state index contributed by atoms with van der Waals surface area (Å²) in [6.45, 7) is 0.436. The molecule has 2 saturated heterocycles. The Labute approximate surface area is 110 Å². The number of nitrogens with one attached hydrogen (secondary N) is 2. The van der Waals surface area contributed by atoms with Gasteiger partial charge in [-0.25, -0.2) is 4.79 Å². The summed E-state index contributed by atoms with van der Waals surface area (Å²) in [4.78, 5) is 22.7. The fourth-order valence-electron chi connectivity index (χ4n) is 2.18. The van der Waals surface area contributed by atoms with Crippen molar-refractivity contribution in [3.8, 4) is 0 Å². The van der Waals surface area contributed by atoms with Crippen LogP contribution >= 0.6 is 11.8 Å². The number of thioether (sulfide) groups is 1. The van der Waals surface area contributed by atoms with Crippen LogP contribution in [0.1, 0.15) is 12.8 Å². The van der Waals surface area contributed by atoms with Gasteiger partial charge in [0.1, 0.15) is 5.92 Å². The van der Waals surface area contributed by atoms with Gasteiger partial charge < -0.3 is 20.5 Å². The van der Waals surface area contributed by atoms with Gasteiger partial charge in [-0.05, 0) is 24.3 Å². The second-order valence-electron chi connectivity index (χ2n) is 4.59. The maximum atomic E-state index is 11.8. The van der Waals surface area contributed by atoms with Crippen molar-refractivity contribution in [3.05, 3.63) is 0 Å². The van der Waals surface area contributed by atoms with E-state index in [4.69, 9.17) is 9.84 Å². The molecular weight excluding hydrogens is 256 g/mol. The van der Waals surface area contributed by atoms with E-state index < -0.39 is 17.9 Å². The average molecular weight is 274 g/mol. The molecule has 0 bridgehead atoms. The minimum Gasteiger partial charge on any atom is -0.481 e. The summed E-state index contributed by atoms with van der Waals surface area (Å²) in [6, 6.07) is -0.508. The van der Waals surface area contributed by atoms with Gasteiger partial charge in [0, 0.05) is 6.04 Å². The van der Waals surface area contributed by atoms with Gasteiger partial charge >= 0.3 is 12.0 Å². The normalized spacial score (nSPS) is 28.9. The molecule has 2 amide bonds. The van der Waals surface area contributed by atoms with Crippen molar-refractivity contribution in [2.75, 3.05) is 24.7 Å². The highest BCUT2D eigenvalue weighted by molar-refractivity contribution is 7.99. The van der Waals surface area contributed by atoms with Crippen LogP contribution in [-0.4, -0.2) is 53.9 Å². The minimum absolute atomic E-state index is 0.167. The van der Waals surface area contributed by atoms with Crippen LogP contribution in [0.25, 0.3) is 0 Å². The summed E-state index contributed by atoms with van der Waals surface area (Å²) in [7, 11) is 0. The summed E-state index contributed by atoms with van der Waals surface area (Å²) in [6.07, 6.45) is 1.95. The van der Waals surface area contributed by atoms with E-state index >= 15 is 0 Å². The highest BCUT2D eigenvalue weighted by Gasteiger charge is 2.35. The number of hydrogen-bond donors (Lipinski definition) is 3. The van der Waals surface area contributed by atoms with Gasteiger partial charge in [0.25, 0.3) is 0 Å². The van der Waals surface area contributed by atoms with Crippen molar-refractivity contribution in [1.82, 2.24) is 10.6 Å². The van der Waals surface area contributed by atoms with E-state index in [1.807, 2.05) is 11.8 Å². The molecule has 0 saturated carbocycles. The van der Waals surface area contributed by atoms with Crippen LogP contribution in [0.5, 0.6) is 0 Å². The fourth-order valence-corrected chi connectivity index (χ4v) is 3.28. The van der Waals surface area contributed by atoms with E-state index in [2.05, 4.69) is 10.6 Å². The summed E-state index contributed by atoms with van der Waals surface area (Å²) in [5.74, 6) is 0.564. The van der Waals surface area contributed by atoms with Gasteiger partial charge in [-0.3, -0.25) is 4.79 Å². The monoisotopic (exact) mass is 274 g/mol. The van der Waals surface area contributed by atoms with E-state index in [9.17, 15) is 9.59 Å². The van der Waals surface area contributed by atoms with Gasteiger partial charge in [0.05, 0.1) is 19.3 Å². The predicted molar refractivity (Wildman–Crippen MR) is 67.7 cm³/mol. The van der Waals surface area contributed by atoms with E-state index in [1.54, 1.807) is 0 Å². The lowest BCUT2D eigenvalue weighted by Gasteiger charge is -2.24. The van der Waals surface area contributed by atoms with Crippen molar-refractivity contribution < 1.29 is 19.4 Å². The third-order valence-electron chi connectivity index (χ3n) is 3.27. The Morgan fingerprint density at radius 1 is 1.17 bits per heavy atom. The van der Waals surface area contributed by atoms with Crippen LogP contribution in [0.2, 0.25) is 0 Å². The number of ether oxygens (including phenoxy) is 1. The molecule has 2 aliphatic rings. The first-order valence-corrected chi connectivity index (χ1v) is 7.27. The molecule has 3 N–H and O–H groups in total. The van der Waals surface area contributed by atoms with Gasteiger partial charge in [0.2, 0.25) is 0 Å². The number of carbonyl (C=O) groups excluding carboxylic acids is 1. The lowest BCUT2D eigenvalue weighted by atomic mass is 10.0. The summed E-state index contributed by atoms with van der Waals surface area (Å²) >= 11 is 1.89.